The highest BCUT2D eigenvalue weighted by molar-refractivity contribution is 5.79. The molecule has 0 bridgehead atoms. The van der Waals surface area contributed by atoms with Crippen LogP contribution in [0.2, 0.25) is 0 Å². The molecule has 1 saturated heterocycles. The summed E-state index contributed by atoms with van der Waals surface area (Å²) in [6, 6.07) is 8.83. The van der Waals surface area contributed by atoms with E-state index in [4.69, 9.17) is 9.47 Å². The van der Waals surface area contributed by atoms with Crippen molar-refractivity contribution in [3.8, 4) is 0 Å². The molecule has 162 valence electrons. The Labute approximate surface area is 178 Å². The summed E-state index contributed by atoms with van der Waals surface area (Å²) >= 11 is 0. The van der Waals surface area contributed by atoms with Gasteiger partial charge in [-0.3, -0.25) is 4.99 Å². The molecular weight excluding hydrogens is 380 g/mol. The monoisotopic (exact) mass is 412 g/mol. The Balaban J connectivity index is 1.26. The van der Waals surface area contributed by atoms with Gasteiger partial charge in [0.25, 0.3) is 0 Å². The van der Waals surface area contributed by atoms with E-state index in [0.29, 0.717) is 25.3 Å². The molecule has 8 heteroatoms. The van der Waals surface area contributed by atoms with Gasteiger partial charge < -0.3 is 20.1 Å². The summed E-state index contributed by atoms with van der Waals surface area (Å²) in [7, 11) is 1.81. The summed E-state index contributed by atoms with van der Waals surface area (Å²) in [5.41, 5.74) is 2.41. The van der Waals surface area contributed by atoms with Crippen molar-refractivity contribution in [2.75, 3.05) is 20.3 Å². The Morgan fingerprint density at radius 1 is 1.27 bits per heavy atom. The third-order valence-electron chi connectivity index (χ3n) is 5.63. The predicted octanol–water partition coefficient (Wildman–Crippen LogP) is 1.96. The average Bonchev–Trinajstić information content (AvgIpc) is 3.15. The number of rotatable bonds is 6. The van der Waals surface area contributed by atoms with Crippen LogP contribution in [0.15, 0.2) is 29.3 Å². The van der Waals surface area contributed by atoms with Crippen molar-refractivity contribution < 1.29 is 9.47 Å². The van der Waals surface area contributed by atoms with Crippen molar-refractivity contribution >= 4 is 5.96 Å². The number of aryl methyl sites for hydroxylation is 2. The van der Waals surface area contributed by atoms with Crippen molar-refractivity contribution in [3.05, 3.63) is 47.0 Å². The number of fused-ring (bicyclic) bond motifs is 1. The Hall–Kier alpha value is -2.45. The fourth-order valence-corrected chi connectivity index (χ4v) is 4.01. The van der Waals surface area contributed by atoms with E-state index in [1.54, 1.807) is 7.05 Å². The minimum absolute atomic E-state index is 0.295. The van der Waals surface area contributed by atoms with Crippen molar-refractivity contribution in [1.29, 1.82) is 0 Å². The molecule has 0 spiro atoms. The zero-order valence-corrected chi connectivity index (χ0v) is 17.9. The Kier molecular flexibility index (Phi) is 6.96. The highest BCUT2D eigenvalue weighted by Crippen LogP contribution is 2.15. The summed E-state index contributed by atoms with van der Waals surface area (Å²) in [5, 5.41) is 11.4. The molecule has 2 aromatic rings. The highest BCUT2D eigenvalue weighted by Gasteiger charge is 2.21. The molecule has 1 fully saturated rings. The van der Waals surface area contributed by atoms with E-state index in [-0.39, 0.29) is 0 Å². The number of aliphatic imine (C=N–C) groups is 1. The maximum atomic E-state index is 6.05. The Morgan fingerprint density at radius 3 is 2.93 bits per heavy atom. The molecular formula is C22H32N6O2. The molecule has 0 saturated carbocycles. The molecule has 4 rings (SSSR count). The van der Waals surface area contributed by atoms with Crippen LogP contribution in [0.1, 0.15) is 42.0 Å². The van der Waals surface area contributed by atoms with Crippen LogP contribution in [0, 0.1) is 6.92 Å². The van der Waals surface area contributed by atoms with E-state index in [0.717, 1.165) is 63.1 Å². The first-order valence-corrected chi connectivity index (χ1v) is 10.8. The van der Waals surface area contributed by atoms with E-state index in [2.05, 4.69) is 50.0 Å². The van der Waals surface area contributed by atoms with E-state index in [1.165, 1.54) is 11.1 Å². The smallest absolute Gasteiger partial charge is 0.191 e. The molecule has 2 aliphatic rings. The number of hydrogen-bond donors (Lipinski definition) is 2. The number of hydrogen-bond acceptors (Lipinski definition) is 5. The van der Waals surface area contributed by atoms with E-state index in [1.807, 2.05) is 11.6 Å². The third kappa shape index (κ3) is 5.58. The van der Waals surface area contributed by atoms with Crippen molar-refractivity contribution in [3.63, 3.8) is 0 Å². The van der Waals surface area contributed by atoms with Crippen LogP contribution in [0.3, 0.4) is 0 Å². The van der Waals surface area contributed by atoms with Gasteiger partial charge in [0.2, 0.25) is 0 Å². The van der Waals surface area contributed by atoms with Gasteiger partial charge in [-0.25, -0.2) is 9.67 Å². The standard InChI is InChI=1S/C22H32N6O2/c1-16-25-21-7-6-19(14-28(21)27-16)26-22(23-2)24-13-17-4-3-5-18(12-17)15-30-20-8-10-29-11-9-20/h3-5,12,19-20H,6-11,13-15H2,1-2H3,(H2,23,24,26). The van der Waals surface area contributed by atoms with E-state index >= 15 is 0 Å². The maximum absolute atomic E-state index is 6.05. The quantitative estimate of drug-likeness (QED) is 0.557. The molecule has 1 aromatic carbocycles. The van der Waals surface area contributed by atoms with Gasteiger partial charge in [0.15, 0.2) is 5.96 Å². The van der Waals surface area contributed by atoms with E-state index < -0.39 is 0 Å². The fraction of sp³-hybridized carbons (Fsp3) is 0.591. The van der Waals surface area contributed by atoms with Crippen LogP contribution >= 0.6 is 0 Å². The lowest BCUT2D eigenvalue weighted by Gasteiger charge is -2.25. The Morgan fingerprint density at radius 2 is 2.10 bits per heavy atom. The van der Waals surface area contributed by atoms with Gasteiger partial charge in [-0.1, -0.05) is 24.3 Å². The summed E-state index contributed by atoms with van der Waals surface area (Å²) in [5.74, 6) is 2.73. The van der Waals surface area contributed by atoms with Gasteiger partial charge in [0, 0.05) is 39.3 Å². The van der Waals surface area contributed by atoms with E-state index in [9.17, 15) is 0 Å². The SMILES string of the molecule is CN=C(NCc1cccc(COC2CCOCC2)c1)NC1CCc2nc(C)nn2C1. The molecule has 8 nitrogen and oxygen atoms in total. The van der Waals surface area contributed by atoms with Crippen molar-refractivity contribution in [2.45, 2.75) is 64.4 Å². The first kappa shape index (κ1) is 20.8. The molecule has 1 aromatic heterocycles. The van der Waals surface area contributed by atoms with Crippen LogP contribution in [0.5, 0.6) is 0 Å². The molecule has 2 aliphatic heterocycles. The molecule has 0 radical (unpaired) electrons. The minimum Gasteiger partial charge on any atom is -0.381 e. The largest absolute Gasteiger partial charge is 0.381 e. The molecule has 2 N–H and O–H groups in total. The summed E-state index contributed by atoms with van der Waals surface area (Å²) in [6.07, 6.45) is 4.25. The average molecular weight is 413 g/mol. The number of ether oxygens (including phenoxy) is 2. The molecule has 3 heterocycles. The lowest BCUT2D eigenvalue weighted by molar-refractivity contribution is -0.0390. The predicted molar refractivity (Wildman–Crippen MR) is 115 cm³/mol. The van der Waals surface area contributed by atoms with Crippen molar-refractivity contribution in [1.82, 2.24) is 25.4 Å². The van der Waals surface area contributed by atoms with Crippen LogP contribution < -0.4 is 10.6 Å². The second-order valence-corrected chi connectivity index (χ2v) is 8.01. The number of guanidine groups is 1. The van der Waals surface area contributed by atoms with Crippen LogP contribution in [-0.4, -0.2) is 53.1 Å². The van der Waals surface area contributed by atoms with Gasteiger partial charge in [-0.15, -0.1) is 0 Å². The van der Waals surface area contributed by atoms with Crippen LogP contribution in [0.25, 0.3) is 0 Å². The first-order valence-electron chi connectivity index (χ1n) is 10.8. The second-order valence-electron chi connectivity index (χ2n) is 8.01. The summed E-state index contributed by atoms with van der Waals surface area (Å²) in [6.45, 7) is 5.73. The number of benzene rings is 1. The number of nitrogens with zero attached hydrogens (tertiary/aromatic N) is 4. The van der Waals surface area contributed by atoms with Gasteiger partial charge in [0.05, 0.1) is 19.3 Å². The molecule has 0 aliphatic carbocycles. The molecule has 0 amide bonds. The topological polar surface area (TPSA) is 85.6 Å². The lowest BCUT2D eigenvalue weighted by Crippen LogP contribution is -2.46. The number of aromatic nitrogens is 3. The lowest BCUT2D eigenvalue weighted by atomic mass is 10.1. The van der Waals surface area contributed by atoms with Crippen LogP contribution in [-0.2, 0) is 35.6 Å². The molecule has 30 heavy (non-hydrogen) atoms. The molecule has 1 unspecified atom stereocenters. The third-order valence-corrected chi connectivity index (χ3v) is 5.63. The highest BCUT2D eigenvalue weighted by atomic mass is 16.5. The fourth-order valence-electron chi connectivity index (χ4n) is 4.01. The Bertz CT molecular complexity index is 859. The maximum Gasteiger partial charge on any atom is 0.191 e. The van der Waals surface area contributed by atoms with Gasteiger partial charge in [-0.2, -0.15) is 5.10 Å². The molecule has 1 atom stereocenters. The van der Waals surface area contributed by atoms with Gasteiger partial charge >= 0.3 is 0 Å². The first-order chi connectivity index (χ1) is 14.7. The number of nitrogens with one attached hydrogen (secondary N) is 2. The second kappa shape index (κ2) is 10.0. The zero-order chi connectivity index (χ0) is 20.8. The van der Waals surface area contributed by atoms with Gasteiger partial charge in [0.1, 0.15) is 11.6 Å². The van der Waals surface area contributed by atoms with Gasteiger partial charge in [-0.05, 0) is 37.3 Å². The summed E-state index contributed by atoms with van der Waals surface area (Å²) in [4.78, 5) is 8.87. The minimum atomic E-state index is 0.295. The van der Waals surface area contributed by atoms with Crippen LogP contribution in [0.4, 0.5) is 0 Å². The normalized spacial score (nSPS) is 20.1. The van der Waals surface area contributed by atoms with Crippen molar-refractivity contribution in [2.24, 2.45) is 4.99 Å². The zero-order valence-electron chi connectivity index (χ0n) is 17.9. The summed E-state index contributed by atoms with van der Waals surface area (Å²) < 4.78 is 13.5.